The van der Waals surface area contributed by atoms with Crippen LogP contribution in [-0.2, 0) is 18.3 Å². The quantitative estimate of drug-likeness (QED) is 0.786. The zero-order valence-corrected chi connectivity index (χ0v) is 11.9. The number of hydrogen-bond donors (Lipinski definition) is 0. The molecule has 0 atom stereocenters. The number of rotatable bonds is 2. The van der Waals surface area contributed by atoms with Crippen molar-refractivity contribution >= 4 is 0 Å². The highest BCUT2D eigenvalue weighted by Crippen LogP contribution is 2.42. The van der Waals surface area contributed by atoms with Gasteiger partial charge >= 0.3 is 0 Å². The molecule has 0 radical (unpaired) electrons. The number of aryl methyl sites for hydroxylation is 2. The van der Waals surface area contributed by atoms with Crippen LogP contribution in [0, 0.1) is 11.3 Å². The van der Waals surface area contributed by atoms with Gasteiger partial charge in [-0.15, -0.1) is 0 Å². The van der Waals surface area contributed by atoms with Crippen molar-refractivity contribution in [1.82, 2.24) is 0 Å². The second-order valence-electron chi connectivity index (χ2n) is 5.58. The molecule has 1 aliphatic rings. The first kappa shape index (κ1) is 12.9. The molecule has 1 aliphatic carbocycles. The normalized spacial score (nSPS) is 15.6. The third kappa shape index (κ3) is 1.84. The van der Waals surface area contributed by atoms with E-state index in [0.29, 0.717) is 0 Å². The Bertz CT molecular complexity index is 616. The first-order valence-corrected chi connectivity index (χ1v) is 7.40. The van der Waals surface area contributed by atoms with E-state index in [4.69, 9.17) is 0 Å². The minimum atomic E-state index is -0.474. The maximum Gasteiger partial charge on any atom is 0.108 e. The Kier molecular flexibility index (Phi) is 3.32. The Balaban J connectivity index is 2.32. The van der Waals surface area contributed by atoms with Gasteiger partial charge in [-0.3, -0.25) is 0 Å². The van der Waals surface area contributed by atoms with Crippen molar-refractivity contribution < 1.29 is 0 Å². The van der Waals surface area contributed by atoms with Gasteiger partial charge in [-0.1, -0.05) is 61.9 Å². The Hall–Kier alpha value is -2.07. The summed E-state index contributed by atoms with van der Waals surface area (Å²) < 4.78 is 0. The molecule has 2 aromatic carbocycles. The van der Waals surface area contributed by atoms with Crippen molar-refractivity contribution in [1.29, 1.82) is 5.26 Å². The van der Waals surface area contributed by atoms with Crippen molar-refractivity contribution in [2.75, 3.05) is 0 Å². The second kappa shape index (κ2) is 5.13. The molecule has 0 heterocycles. The predicted molar refractivity (Wildman–Crippen MR) is 81.6 cm³/mol. The summed E-state index contributed by atoms with van der Waals surface area (Å²) in [6.07, 6.45) is 3.95. The summed E-state index contributed by atoms with van der Waals surface area (Å²) >= 11 is 0. The summed E-state index contributed by atoms with van der Waals surface area (Å²) in [7, 11) is 0. The topological polar surface area (TPSA) is 23.8 Å². The van der Waals surface area contributed by atoms with Crippen molar-refractivity contribution in [2.45, 2.75) is 38.0 Å². The third-order valence-electron chi connectivity index (χ3n) is 4.43. The van der Waals surface area contributed by atoms with E-state index in [-0.39, 0.29) is 0 Å². The zero-order chi connectivity index (χ0) is 14.0. The number of nitrogens with zero attached hydrogens (tertiary/aromatic N) is 1. The monoisotopic (exact) mass is 261 g/mol. The van der Waals surface area contributed by atoms with Crippen molar-refractivity contribution in [3.8, 4) is 6.07 Å². The van der Waals surface area contributed by atoms with E-state index in [0.717, 1.165) is 25.7 Å². The molecule has 1 heteroatoms. The summed E-state index contributed by atoms with van der Waals surface area (Å²) in [5.41, 5.74) is 4.62. The lowest BCUT2D eigenvalue weighted by molar-refractivity contribution is 0.579. The largest absolute Gasteiger partial charge is 0.197 e. The molecule has 0 aliphatic heterocycles. The van der Waals surface area contributed by atoms with Crippen LogP contribution in [0.4, 0.5) is 0 Å². The highest BCUT2D eigenvalue weighted by Gasteiger charge is 2.38. The lowest BCUT2D eigenvalue weighted by Gasteiger charge is -2.29. The summed E-state index contributed by atoms with van der Waals surface area (Å²) in [5.74, 6) is 0. The van der Waals surface area contributed by atoms with Crippen molar-refractivity contribution in [3.05, 3.63) is 70.8 Å². The molecule has 20 heavy (non-hydrogen) atoms. The van der Waals surface area contributed by atoms with E-state index in [1.54, 1.807) is 0 Å². The van der Waals surface area contributed by atoms with E-state index >= 15 is 0 Å². The molecule has 0 saturated heterocycles. The van der Waals surface area contributed by atoms with E-state index < -0.39 is 5.41 Å². The summed E-state index contributed by atoms with van der Waals surface area (Å²) in [4.78, 5) is 0. The van der Waals surface area contributed by atoms with Gasteiger partial charge in [0.25, 0.3) is 0 Å². The van der Waals surface area contributed by atoms with Crippen LogP contribution < -0.4 is 0 Å². The first-order chi connectivity index (χ1) is 9.81. The highest BCUT2D eigenvalue weighted by molar-refractivity contribution is 5.54. The molecule has 0 spiro atoms. The fourth-order valence-electron chi connectivity index (χ4n) is 3.54. The fourth-order valence-corrected chi connectivity index (χ4v) is 3.54. The average Bonchev–Trinajstić information content (AvgIpc) is 2.64. The molecule has 1 nitrogen and oxygen atoms in total. The van der Waals surface area contributed by atoms with Gasteiger partial charge < -0.3 is 0 Å². The van der Waals surface area contributed by atoms with Crippen LogP contribution in [0.1, 0.15) is 42.0 Å². The number of nitriles is 1. The maximum absolute atomic E-state index is 10.0. The Morgan fingerprint density at radius 1 is 0.950 bits per heavy atom. The second-order valence-corrected chi connectivity index (χ2v) is 5.58. The molecular formula is C19H19N. The minimum Gasteiger partial charge on any atom is -0.197 e. The van der Waals surface area contributed by atoms with E-state index in [1.807, 2.05) is 0 Å². The molecule has 0 aromatic heterocycles. The predicted octanol–water partition coefficient (Wildman–Crippen LogP) is 4.39. The molecular weight excluding hydrogens is 242 g/mol. The standard InChI is InChI=1S/C19H19N/c1-2-13-19(14-20)17-9-5-3-7-15(17)11-12-16-8-4-6-10-18(16)19/h3-10H,2,11-13H2,1H3. The number of fused-ring (bicyclic) bond motifs is 2. The highest BCUT2D eigenvalue weighted by atomic mass is 14.4. The molecule has 0 amide bonds. The Morgan fingerprint density at radius 3 is 1.90 bits per heavy atom. The summed E-state index contributed by atoms with van der Waals surface area (Å²) in [6.45, 7) is 2.16. The van der Waals surface area contributed by atoms with Crippen LogP contribution in [0.15, 0.2) is 48.5 Å². The SMILES string of the molecule is CCCC1(C#N)c2ccccc2CCc2ccccc21. The van der Waals surface area contributed by atoms with E-state index in [1.165, 1.54) is 22.3 Å². The molecule has 3 rings (SSSR count). The molecule has 2 aromatic rings. The first-order valence-electron chi connectivity index (χ1n) is 7.40. The van der Waals surface area contributed by atoms with E-state index in [9.17, 15) is 5.26 Å². The van der Waals surface area contributed by atoms with Crippen LogP contribution in [0.5, 0.6) is 0 Å². The van der Waals surface area contributed by atoms with Crippen LogP contribution in [-0.4, -0.2) is 0 Å². The number of hydrogen-bond acceptors (Lipinski definition) is 1. The van der Waals surface area contributed by atoms with Gasteiger partial charge in [-0.05, 0) is 41.5 Å². The van der Waals surface area contributed by atoms with Gasteiger partial charge in [0.2, 0.25) is 0 Å². The molecule has 100 valence electrons. The van der Waals surface area contributed by atoms with Crippen LogP contribution in [0.25, 0.3) is 0 Å². The molecule has 0 saturated carbocycles. The Labute approximate surface area is 120 Å². The van der Waals surface area contributed by atoms with Crippen LogP contribution in [0.2, 0.25) is 0 Å². The molecule has 0 N–H and O–H groups in total. The van der Waals surface area contributed by atoms with Gasteiger partial charge in [0.05, 0.1) is 6.07 Å². The lowest BCUT2D eigenvalue weighted by atomic mass is 9.71. The van der Waals surface area contributed by atoms with E-state index in [2.05, 4.69) is 61.5 Å². The van der Waals surface area contributed by atoms with Crippen molar-refractivity contribution in [2.24, 2.45) is 0 Å². The molecule has 0 fully saturated rings. The fraction of sp³-hybridized carbons (Fsp3) is 0.316. The van der Waals surface area contributed by atoms with Gasteiger partial charge in [-0.25, -0.2) is 0 Å². The van der Waals surface area contributed by atoms with Crippen LogP contribution in [0.3, 0.4) is 0 Å². The summed E-state index contributed by atoms with van der Waals surface area (Å²) in [5, 5.41) is 10.0. The van der Waals surface area contributed by atoms with Crippen LogP contribution >= 0.6 is 0 Å². The summed E-state index contributed by atoms with van der Waals surface area (Å²) in [6, 6.07) is 19.6. The minimum absolute atomic E-state index is 0.474. The smallest absolute Gasteiger partial charge is 0.108 e. The molecule has 0 bridgehead atoms. The van der Waals surface area contributed by atoms with Gasteiger partial charge in [0.15, 0.2) is 0 Å². The third-order valence-corrected chi connectivity index (χ3v) is 4.43. The van der Waals surface area contributed by atoms with Gasteiger partial charge in [0, 0.05) is 0 Å². The maximum atomic E-state index is 10.0. The average molecular weight is 261 g/mol. The van der Waals surface area contributed by atoms with Gasteiger partial charge in [0.1, 0.15) is 5.41 Å². The van der Waals surface area contributed by atoms with Gasteiger partial charge in [-0.2, -0.15) is 5.26 Å². The Morgan fingerprint density at radius 2 is 1.45 bits per heavy atom. The lowest BCUT2D eigenvalue weighted by Crippen LogP contribution is -2.27. The van der Waals surface area contributed by atoms with Crippen molar-refractivity contribution in [3.63, 3.8) is 0 Å². The zero-order valence-electron chi connectivity index (χ0n) is 11.9. The molecule has 0 unspecified atom stereocenters. The number of benzene rings is 2.